The van der Waals surface area contributed by atoms with E-state index in [1.165, 1.54) is 42.6 Å². The minimum absolute atomic E-state index is 0.0713. The highest BCUT2D eigenvalue weighted by molar-refractivity contribution is 7.10. The molecule has 1 aliphatic carbocycles. The van der Waals surface area contributed by atoms with Crippen LogP contribution < -0.4 is 10.5 Å². The van der Waals surface area contributed by atoms with Gasteiger partial charge in [-0.25, -0.2) is 0 Å². The van der Waals surface area contributed by atoms with Crippen molar-refractivity contribution in [2.75, 3.05) is 7.11 Å². The summed E-state index contributed by atoms with van der Waals surface area (Å²) in [5, 5.41) is 2.03. The van der Waals surface area contributed by atoms with Crippen molar-refractivity contribution in [1.82, 2.24) is 0 Å². The molecule has 94 valence electrons. The van der Waals surface area contributed by atoms with Crippen LogP contribution in [0.2, 0.25) is 0 Å². The molecule has 0 saturated heterocycles. The lowest BCUT2D eigenvalue weighted by molar-refractivity contribution is 0.416. The van der Waals surface area contributed by atoms with Crippen LogP contribution in [-0.4, -0.2) is 7.11 Å². The van der Waals surface area contributed by atoms with E-state index in [0.717, 1.165) is 12.2 Å². The van der Waals surface area contributed by atoms with Crippen LogP contribution in [0.15, 0.2) is 23.1 Å². The van der Waals surface area contributed by atoms with Gasteiger partial charge in [0, 0.05) is 10.3 Å². The second-order valence-corrected chi connectivity index (χ2v) is 5.54. The first-order valence-corrected chi connectivity index (χ1v) is 7.26. The van der Waals surface area contributed by atoms with Gasteiger partial charge in [0.25, 0.3) is 0 Å². The predicted molar refractivity (Wildman–Crippen MR) is 73.6 cm³/mol. The predicted octanol–water partition coefficient (Wildman–Crippen LogP) is 4.04. The number of methoxy groups -OCH3 is 1. The summed E-state index contributed by atoms with van der Waals surface area (Å²) in [4.78, 5) is 1.22. The Bertz CT molecular complexity index is 383. The Morgan fingerprint density at radius 3 is 2.88 bits per heavy atom. The Morgan fingerprint density at radius 2 is 2.12 bits per heavy atom. The van der Waals surface area contributed by atoms with Crippen molar-refractivity contribution in [3.05, 3.63) is 28.0 Å². The van der Waals surface area contributed by atoms with Gasteiger partial charge in [0.1, 0.15) is 5.75 Å². The summed E-state index contributed by atoms with van der Waals surface area (Å²) in [5.41, 5.74) is 7.76. The van der Waals surface area contributed by atoms with Crippen LogP contribution in [0.1, 0.15) is 49.4 Å². The number of rotatable bonds is 3. The summed E-state index contributed by atoms with van der Waals surface area (Å²) in [5.74, 6) is 0.923. The molecule has 0 spiro atoms. The van der Waals surface area contributed by atoms with E-state index in [2.05, 4.69) is 12.1 Å². The highest BCUT2D eigenvalue weighted by Gasteiger charge is 2.15. The molecule has 0 amide bonds. The maximum absolute atomic E-state index is 6.34. The minimum Gasteiger partial charge on any atom is -0.496 e. The Kier molecular flexibility index (Phi) is 4.63. The fourth-order valence-electron chi connectivity index (χ4n) is 2.29. The topological polar surface area (TPSA) is 35.2 Å². The molecule has 1 heterocycles. The second-order valence-electron chi connectivity index (χ2n) is 4.60. The Morgan fingerprint density at radius 1 is 1.29 bits per heavy atom. The van der Waals surface area contributed by atoms with Gasteiger partial charge < -0.3 is 10.5 Å². The van der Waals surface area contributed by atoms with E-state index in [1.807, 2.05) is 5.38 Å². The molecule has 1 aromatic heterocycles. The third-order valence-electron chi connectivity index (χ3n) is 3.36. The molecule has 17 heavy (non-hydrogen) atoms. The number of ether oxygens (including phenoxy) is 1. The van der Waals surface area contributed by atoms with Crippen LogP contribution in [0.4, 0.5) is 0 Å². The third-order valence-corrected chi connectivity index (χ3v) is 4.36. The van der Waals surface area contributed by atoms with Gasteiger partial charge in [-0.2, -0.15) is 0 Å². The molecule has 1 aliphatic rings. The van der Waals surface area contributed by atoms with Crippen LogP contribution in [-0.2, 0) is 0 Å². The van der Waals surface area contributed by atoms with E-state index >= 15 is 0 Å². The largest absolute Gasteiger partial charge is 0.496 e. The molecule has 1 atom stereocenters. The average Bonchev–Trinajstić information content (AvgIpc) is 2.76. The summed E-state index contributed by atoms with van der Waals surface area (Å²) in [7, 11) is 1.70. The van der Waals surface area contributed by atoms with Gasteiger partial charge in [0.2, 0.25) is 0 Å². The van der Waals surface area contributed by atoms with Gasteiger partial charge in [-0.1, -0.05) is 24.5 Å². The molecule has 0 radical (unpaired) electrons. The molecule has 2 nitrogen and oxygen atoms in total. The fourth-order valence-corrected chi connectivity index (χ4v) is 3.18. The number of allylic oxidation sites excluding steroid dienone is 1. The molecule has 1 aromatic rings. The van der Waals surface area contributed by atoms with Crippen LogP contribution in [0, 0.1) is 0 Å². The summed E-state index contributed by atoms with van der Waals surface area (Å²) >= 11 is 1.70. The molecule has 0 aromatic carbocycles. The zero-order valence-electron chi connectivity index (χ0n) is 10.4. The number of nitrogens with two attached hydrogens (primary N) is 1. The average molecular weight is 251 g/mol. The second kappa shape index (κ2) is 6.22. The summed E-state index contributed by atoms with van der Waals surface area (Å²) < 4.78 is 5.21. The SMILES string of the molecule is COc1csc(C(N)C2=CCCCCCC2)c1. The minimum atomic E-state index is 0.0713. The van der Waals surface area contributed by atoms with Gasteiger partial charge in [0.15, 0.2) is 0 Å². The first-order valence-electron chi connectivity index (χ1n) is 6.38. The number of hydrogen-bond donors (Lipinski definition) is 1. The van der Waals surface area contributed by atoms with Crippen molar-refractivity contribution in [2.45, 2.75) is 44.6 Å². The molecule has 3 heteroatoms. The third kappa shape index (κ3) is 3.33. The number of hydrogen-bond acceptors (Lipinski definition) is 3. The number of thiophene rings is 1. The van der Waals surface area contributed by atoms with E-state index < -0.39 is 0 Å². The van der Waals surface area contributed by atoms with Crippen molar-refractivity contribution < 1.29 is 4.74 Å². The van der Waals surface area contributed by atoms with E-state index in [-0.39, 0.29) is 6.04 Å². The highest BCUT2D eigenvalue weighted by atomic mass is 32.1. The molecule has 1 unspecified atom stereocenters. The molecular weight excluding hydrogens is 230 g/mol. The first kappa shape index (κ1) is 12.7. The molecule has 0 fully saturated rings. The van der Waals surface area contributed by atoms with Crippen molar-refractivity contribution in [3.63, 3.8) is 0 Å². The van der Waals surface area contributed by atoms with Crippen molar-refractivity contribution >= 4 is 11.3 Å². The van der Waals surface area contributed by atoms with E-state index in [1.54, 1.807) is 18.4 Å². The zero-order chi connectivity index (χ0) is 12.1. The fraction of sp³-hybridized carbons (Fsp3) is 0.571. The van der Waals surface area contributed by atoms with Crippen molar-refractivity contribution in [2.24, 2.45) is 5.73 Å². The quantitative estimate of drug-likeness (QED) is 0.823. The van der Waals surface area contributed by atoms with E-state index in [4.69, 9.17) is 10.5 Å². The molecule has 0 bridgehead atoms. The lowest BCUT2D eigenvalue weighted by Crippen LogP contribution is -2.12. The van der Waals surface area contributed by atoms with Crippen LogP contribution in [0.3, 0.4) is 0 Å². The standard InChI is InChI=1S/C14H21NOS/c1-16-12-9-13(17-10-12)14(15)11-7-5-3-2-4-6-8-11/h7,9-10,14H,2-6,8,15H2,1H3. The van der Waals surface area contributed by atoms with Gasteiger partial charge >= 0.3 is 0 Å². The van der Waals surface area contributed by atoms with Gasteiger partial charge in [-0.3, -0.25) is 0 Å². The molecule has 2 rings (SSSR count). The van der Waals surface area contributed by atoms with Gasteiger partial charge in [0.05, 0.1) is 13.2 Å². The molecule has 0 saturated carbocycles. The molecule has 2 N–H and O–H groups in total. The summed E-state index contributed by atoms with van der Waals surface area (Å²) in [6, 6.07) is 2.14. The van der Waals surface area contributed by atoms with Crippen LogP contribution >= 0.6 is 11.3 Å². The smallest absolute Gasteiger partial charge is 0.129 e. The van der Waals surface area contributed by atoms with Gasteiger partial charge in [-0.05, 0) is 31.7 Å². The lowest BCUT2D eigenvalue weighted by Gasteiger charge is -2.17. The maximum Gasteiger partial charge on any atom is 0.129 e. The van der Waals surface area contributed by atoms with Crippen LogP contribution in [0.5, 0.6) is 5.75 Å². The van der Waals surface area contributed by atoms with Crippen molar-refractivity contribution in [1.29, 1.82) is 0 Å². The molecule has 0 aliphatic heterocycles. The Balaban J connectivity index is 2.08. The van der Waals surface area contributed by atoms with E-state index in [9.17, 15) is 0 Å². The first-order chi connectivity index (χ1) is 8.31. The Labute approximate surface area is 107 Å². The highest BCUT2D eigenvalue weighted by Crippen LogP contribution is 2.32. The summed E-state index contributed by atoms with van der Waals surface area (Å²) in [6.45, 7) is 0. The van der Waals surface area contributed by atoms with Crippen molar-refractivity contribution in [3.8, 4) is 5.75 Å². The lowest BCUT2D eigenvalue weighted by atomic mass is 9.95. The van der Waals surface area contributed by atoms with Crippen LogP contribution in [0.25, 0.3) is 0 Å². The Hall–Kier alpha value is -0.800. The maximum atomic E-state index is 6.34. The zero-order valence-corrected chi connectivity index (χ0v) is 11.3. The molecular formula is C14H21NOS. The monoisotopic (exact) mass is 251 g/mol. The van der Waals surface area contributed by atoms with Gasteiger partial charge in [-0.15, -0.1) is 11.3 Å². The normalized spacial score (nSPS) is 19.1. The van der Waals surface area contributed by atoms with E-state index in [0.29, 0.717) is 0 Å². The summed E-state index contributed by atoms with van der Waals surface area (Å²) in [6.07, 6.45) is 10.00.